The molecule has 0 aliphatic heterocycles. The number of nitrogens with zero attached hydrogens (tertiary/aromatic N) is 3. The lowest BCUT2D eigenvalue weighted by molar-refractivity contribution is 0.0519. The highest BCUT2D eigenvalue weighted by Crippen LogP contribution is 2.05. The fourth-order valence-electron chi connectivity index (χ4n) is 1.55. The Labute approximate surface area is 119 Å². The topological polar surface area (TPSA) is 57.0 Å². The average Bonchev–Trinajstić information content (AvgIpc) is 2.93. The van der Waals surface area contributed by atoms with Gasteiger partial charge in [0, 0.05) is 0 Å². The Balaban J connectivity index is 0.000000956. The van der Waals surface area contributed by atoms with Crippen LogP contribution >= 0.6 is 0 Å². The summed E-state index contributed by atoms with van der Waals surface area (Å²) < 4.78 is 6.47. The van der Waals surface area contributed by atoms with Crippen molar-refractivity contribution in [2.45, 2.75) is 34.2 Å². The summed E-state index contributed by atoms with van der Waals surface area (Å²) in [5.74, 6) is -0.437. The summed E-state index contributed by atoms with van der Waals surface area (Å²) in [5, 5.41) is 7.69. The van der Waals surface area contributed by atoms with Crippen LogP contribution in [0.15, 0.2) is 30.5 Å². The average molecular weight is 275 g/mol. The van der Waals surface area contributed by atoms with Crippen LogP contribution in [-0.2, 0) is 11.3 Å². The Morgan fingerprint density at radius 2 is 1.90 bits per heavy atom. The molecule has 108 valence electrons. The molecule has 20 heavy (non-hydrogen) atoms. The van der Waals surface area contributed by atoms with E-state index in [1.54, 1.807) is 17.8 Å². The van der Waals surface area contributed by atoms with Crippen molar-refractivity contribution in [3.05, 3.63) is 47.3 Å². The third kappa shape index (κ3) is 4.50. The van der Waals surface area contributed by atoms with Crippen molar-refractivity contribution in [2.75, 3.05) is 6.61 Å². The maximum atomic E-state index is 11.4. The first kappa shape index (κ1) is 15.9. The molecule has 1 aromatic carbocycles. The van der Waals surface area contributed by atoms with Crippen molar-refractivity contribution < 1.29 is 9.53 Å². The number of esters is 1. The predicted octanol–water partition coefficient (Wildman–Crippen LogP) is 2.84. The number of hydrogen-bond acceptors (Lipinski definition) is 4. The molecule has 0 N–H and O–H groups in total. The minimum Gasteiger partial charge on any atom is -0.461 e. The fraction of sp³-hybridized carbons (Fsp3) is 0.400. The highest BCUT2D eigenvalue weighted by Gasteiger charge is 2.11. The van der Waals surface area contributed by atoms with E-state index in [-0.39, 0.29) is 5.69 Å². The van der Waals surface area contributed by atoms with E-state index in [0.29, 0.717) is 13.2 Å². The van der Waals surface area contributed by atoms with Gasteiger partial charge < -0.3 is 4.74 Å². The summed E-state index contributed by atoms with van der Waals surface area (Å²) in [7, 11) is 0. The van der Waals surface area contributed by atoms with Crippen LogP contribution in [0.1, 0.15) is 42.4 Å². The van der Waals surface area contributed by atoms with Gasteiger partial charge in [-0.25, -0.2) is 9.48 Å². The Bertz CT molecular complexity index is 532. The lowest BCUT2D eigenvalue weighted by Gasteiger charge is -2.01. The minimum atomic E-state index is -0.437. The smallest absolute Gasteiger partial charge is 0.360 e. The molecule has 0 atom stereocenters. The number of carbonyl (C=O) groups is 1. The van der Waals surface area contributed by atoms with E-state index < -0.39 is 5.97 Å². The van der Waals surface area contributed by atoms with Gasteiger partial charge in [0.2, 0.25) is 0 Å². The van der Waals surface area contributed by atoms with E-state index in [0.717, 1.165) is 5.56 Å². The molecule has 0 spiro atoms. The Kier molecular flexibility index (Phi) is 6.43. The van der Waals surface area contributed by atoms with Crippen molar-refractivity contribution in [1.82, 2.24) is 15.0 Å². The zero-order valence-electron chi connectivity index (χ0n) is 12.5. The van der Waals surface area contributed by atoms with E-state index in [1.807, 2.05) is 45.0 Å². The molecule has 0 saturated carbocycles. The molecular weight excluding hydrogens is 254 g/mol. The molecular formula is C15H21N3O2. The van der Waals surface area contributed by atoms with Crippen LogP contribution in [0.5, 0.6) is 0 Å². The van der Waals surface area contributed by atoms with Gasteiger partial charge in [-0.15, -0.1) is 5.10 Å². The number of ether oxygens (including phenoxy) is 1. The Morgan fingerprint density at radius 1 is 1.25 bits per heavy atom. The standard InChI is InChI=1S/C13H15N3O2.C2H6/c1-3-18-13(17)12-9-16(15-14-12)8-11-6-4-10(2)5-7-11;1-2/h4-7,9H,3,8H2,1-2H3;1-2H3. The van der Waals surface area contributed by atoms with Gasteiger partial charge >= 0.3 is 5.97 Å². The number of aromatic nitrogens is 3. The normalized spacial score (nSPS) is 9.60. The van der Waals surface area contributed by atoms with Crippen molar-refractivity contribution in [3.8, 4) is 0 Å². The molecule has 0 unspecified atom stereocenters. The van der Waals surface area contributed by atoms with Gasteiger partial charge in [-0.3, -0.25) is 0 Å². The van der Waals surface area contributed by atoms with Crippen LogP contribution in [0.2, 0.25) is 0 Å². The highest BCUT2D eigenvalue weighted by molar-refractivity contribution is 5.86. The molecule has 0 bridgehead atoms. The lowest BCUT2D eigenvalue weighted by atomic mass is 10.1. The van der Waals surface area contributed by atoms with Crippen molar-refractivity contribution in [3.63, 3.8) is 0 Å². The number of aryl methyl sites for hydroxylation is 1. The summed E-state index contributed by atoms with van der Waals surface area (Å²) in [6.07, 6.45) is 1.60. The molecule has 0 aliphatic rings. The third-order valence-corrected chi connectivity index (χ3v) is 2.49. The molecule has 1 heterocycles. The third-order valence-electron chi connectivity index (χ3n) is 2.49. The van der Waals surface area contributed by atoms with Gasteiger partial charge in [-0.1, -0.05) is 48.9 Å². The number of hydrogen-bond donors (Lipinski definition) is 0. The first-order valence-electron chi connectivity index (χ1n) is 6.82. The van der Waals surface area contributed by atoms with Gasteiger partial charge in [0.1, 0.15) is 0 Å². The van der Waals surface area contributed by atoms with Gasteiger partial charge in [0.25, 0.3) is 0 Å². The van der Waals surface area contributed by atoms with Crippen molar-refractivity contribution in [2.24, 2.45) is 0 Å². The summed E-state index contributed by atoms with van der Waals surface area (Å²) in [5.41, 5.74) is 2.56. The monoisotopic (exact) mass is 275 g/mol. The molecule has 0 aliphatic carbocycles. The quantitative estimate of drug-likeness (QED) is 0.805. The Morgan fingerprint density at radius 3 is 2.50 bits per heavy atom. The van der Waals surface area contributed by atoms with E-state index >= 15 is 0 Å². The van der Waals surface area contributed by atoms with Gasteiger partial charge in [0.05, 0.1) is 19.3 Å². The molecule has 0 amide bonds. The van der Waals surface area contributed by atoms with E-state index in [1.165, 1.54) is 5.56 Å². The maximum Gasteiger partial charge on any atom is 0.360 e. The van der Waals surface area contributed by atoms with Gasteiger partial charge in [0.15, 0.2) is 5.69 Å². The first-order chi connectivity index (χ1) is 9.69. The number of rotatable bonds is 4. The van der Waals surface area contributed by atoms with Crippen molar-refractivity contribution in [1.29, 1.82) is 0 Å². The summed E-state index contributed by atoms with van der Waals surface area (Å²) >= 11 is 0. The molecule has 0 saturated heterocycles. The van der Waals surface area contributed by atoms with Crippen LogP contribution < -0.4 is 0 Å². The van der Waals surface area contributed by atoms with Crippen LogP contribution in [0.25, 0.3) is 0 Å². The second kappa shape index (κ2) is 8.09. The van der Waals surface area contributed by atoms with E-state index in [4.69, 9.17) is 4.74 Å². The first-order valence-corrected chi connectivity index (χ1v) is 6.82. The highest BCUT2D eigenvalue weighted by atomic mass is 16.5. The zero-order valence-corrected chi connectivity index (χ0v) is 12.5. The second-order valence-corrected chi connectivity index (χ2v) is 4.01. The largest absolute Gasteiger partial charge is 0.461 e. The van der Waals surface area contributed by atoms with E-state index in [2.05, 4.69) is 10.3 Å². The maximum absolute atomic E-state index is 11.4. The number of benzene rings is 1. The van der Waals surface area contributed by atoms with Crippen molar-refractivity contribution >= 4 is 5.97 Å². The minimum absolute atomic E-state index is 0.240. The Hall–Kier alpha value is -2.17. The van der Waals surface area contributed by atoms with Gasteiger partial charge in [-0.2, -0.15) is 0 Å². The fourth-order valence-corrected chi connectivity index (χ4v) is 1.55. The summed E-state index contributed by atoms with van der Waals surface area (Å²) in [6, 6.07) is 8.14. The SMILES string of the molecule is CC.CCOC(=O)c1cn(Cc2ccc(C)cc2)nn1. The number of carbonyl (C=O) groups excluding carboxylic acids is 1. The molecule has 2 rings (SSSR count). The molecule has 5 heteroatoms. The van der Waals surface area contributed by atoms with Crippen LogP contribution in [0, 0.1) is 6.92 Å². The second-order valence-electron chi connectivity index (χ2n) is 4.01. The van der Waals surface area contributed by atoms with Gasteiger partial charge in [-0.05, 0) is 19.4 Å². The molecule has 0 radical (unpaired) electrons. The van der Waals surface area contributed by atoms with Crippen LogP contribution in [0.3, 0.4) is 0 Å². The summed E-state index contributed by atoms with van der Waals surface area (Å²) in [6.45, 7) is 8.73. The molecule has 0 fully saturated rings. The lowest BCUT2D eigenvalue weighted by Crippen LogP contribution is -2.05. The molecule has 5 nitrogen and oxygen atoms in total. The van der Waals surface area contributed by atoms with Crippen LogP contribution in [-0.4, -0.2) is 27.6 Å². The summed E-state index contributed by atoms with van der Waals surface area (Å²) in [4.78, 5) is 11.4. The molecule has 1 aromatic heterocycles. The van der Waals surface area contributed by atoms with E-state index in [9.17, 15) is 4.79 Å². The van der Waals surface area contributed by atoms with Crippen LogP contribution in [0.4, 0.5) is 0 Å². The molecule has 2 aromatic rings. The predicted molar refractivity (Wildman–Crippen MR) is 77.6 cm³/mol. The zero-order chi connectivity index (χ0) is 15.0.